The fourth-order valence-electron chi connectivity index (χ4n) is 2.70. The zero-order valence-electron chi connectivity index (χ0n) is 11.5. The molecule has 0 amide bonds. The molecular formula is C15H24N2O. The third-order valence-electron chi connectivity index (χ3n) is 3.68. The summed E-state index contributed by atoms with van der Waals surface area (Å²) in [7, 11) is 0. The van der Waals surface area contributed by atoms with E-state index < -0.39 is 0 Å². The Kier molecular flexibility index (Phi) is 5.14. The zero-order valence-corrected chi connectivity index (χ0v) is 11.5. The van der Waals surface area contributed by atoms with Gasteiger partial charge in [0.2, 0.25) is 0 Å². The molecule has 1 N–H and O–H groups in total. The molecule has 0 radical (unpaired) electrons. The van der Waals surface area contributed by atoms with Crippen molar-refractivity contribution in [2.45, 2.75) is 51.7 Å². The second-order valence-electron chi connectivity index (χ2n) is 5.00. The number of rotatable bonds is 6. The monoisotopic (exact) mass is 248 g/mol. The Balaban J connectivity index is 1.96. The molecule has 1 aromatic heterocycles. The highest BCUT2D eigenvalue weighted by Gasteiger charge is 2.19. The van der Waals surface area contributed by atoms with Crippen molar-refractivity contribution in [1.82, 2.24) is 10.3 Å². The number of nitrogens with one attached hydrogen (secondary N) is 1. The average Bonchev–Trinajstić information content (AvgIpc) is 2.88. The van der Waals surface area contributed by atoms with Gasteiger partial charge in [0.1, 0.15) is 0 Å². The van der Waals surface area contributed by atoms with Crippen molar-refractivity contribution >= 4 is 0 Å². The Bertz CT molecular complexity index is 361. The largest absolute Gasteiger partial charge is 0.378 e. The van der Waals surface area contributed by atoms with E-state index in [0.717, 1.165) is 31.7 Å². The van der Waals surface area contributed by atoms with Crippen LogP contribution < -0.4 is 5.32 Å². The van der Waals surface area contributed by atoms with Gasteiger partial charge in [-0.05, 0) is 50.8 Å². The lowest BCUT2D eigenvalue weighted by atomic mass is 9.98. The van der Waals surface area contributed by atoms with Crippen molar-refractivity contribution in [3.63, 3.8) is 0 Å². The average molecular weight is 248 g/mol. The molecule has 1 fully saturated rings. The molecule has 0 aliphatic carbocycles. The van der Waals surface area contributed by atoms with Gasteiger partial charge in [-0.25, -0.2) is 0 Å². The summed E-state index contributed by atoms with van der Waals surface area (Å²) < 4.78 is 5.70. The third kappa shape index (κ3) is 3.53. The van der Waals surface area contributed by atoms with Crippen LogP contribution in [-0.4, -0.2) is 24.2 Å². The topological polar surface area (TPSA) is 34.1 Å². The van der Waals surface area contributed by atoms with Crippen LogP contribution in [0.4, 0.5) is 0 Å². The number of hydrogen-bond acceptors (Lipinski definition) is 3. The number of nitrogens with zero attached hydrogens (tertiary/aromatic N) is 1. The van der Waals surface area contributed by atoms with Crippen LogP contribution in [0.1, 0.15) is 49.9 Å². The van der Waals surface area contributed by atoms with E-state index in [2.05, 4.69) is 30.2 Å². The van der Waals surface area contributed by atoms with E-state index in [-0.39, 0.29) is 0 Å². The van der Waals surface area contributed by atoms with Crippen molar-refractivity contribution in [1.29, 1.82) is 0 Å². The summed E-state index contributed by atoms with van der Waals surface area (Å²) in [5.74, 6) is 0. The lowest BCUT2D eigenvalue weighted by molar-refractivity contribution is 0.0996. The first-order valence-electron chi connectivity index (χ1n) is 7.07. The van der Waals surface area contributed by atoms with E-state index in [1.807, 2.05) is 12.3 Å². The smallest absolute Gasteiger partial charge is 0.0576 e. The normalized spacial score (nSPS) is 21.1. The molecule has 0 spiro atoms. The van der Waals surface area contributed by atoms with Crippen LogP contribution >= 0.6 is 0 Å². The molecule has 100 valence electrons. The van der Waals surface area contributed by atoms with Crippen molar-refractivity contribution in [3.8, 4) is 0 Å². The van der Waals surface area contributed by atoms with Crippen LogP contribution in [0.25, 0.3) is 0 Å². The van der Waals surface area contributed by atoms with Gasteiger partial charge in [-0.2, -0.15) is 0 Å². The van der Waals surface area contributed by atoms with Gasteiger partial charge in [-0.15, -0.1) is 0 Å². The number of hydrogen-bond donors (Lipinski definition) is 1. The summed E-state index contributed by atoms with van der Waals surface area (Å²) in [5, 5.41) is 3.57. The number of pyridine rings is 1. The van der Waals surface area contributed by atoms with Crippen molar-refractivity contribution in [3.05, 3.63) is 29.6 Å². The maximum Gasteiger partial charge on any atom is 0.0576 e. The molecule has 2 rings (SSSR count). The number of ether oxygens (including phenoxy) is 1. The molecule has 1 saturated heterocycles. The highest BCUT2D eigenvalue weighted by atomic mass is 16.5. The highest BCUT2D eigenvalue weighted by molar-refractivity contribution is 5.22. The first kappa shape index (κ1) is 13.5. The van der Waals surface area contributed by atoms with Crippen LogP contribution in [0, 0.1) is 6.92 Å². The van der Waals surface area contributed by atoms with Crippen LogP contribution in [0.2, 0.25) is 0 Å². The van der Waals surface area contributed by atoms with E-state index in [9.17, 15) is 0 Å². The zero-order chi connectivity index (χ0) is 12.8. The van der Waals surface area contributed by atoms with Gasteiger partial charge in [0, 0.05) is 24.5 Å². The summed E-state index contributed by atoms with van der Waals surface area (Å²) >= 11 is 0. The summed E-state index contributed by atoms with van der Waals surface area (Å²) in [6.45, 7) is 6.18. The SMILES string of the molecule is CCNC(CCC1CCCO1)c1cccnc1C. The Labute approximate surface area is 110 Å². The Morgan fingerprint density at radius 3 is 3.11 bits per heavy atom. The van der Waals surface area contributed by atoms with Gasteiger partial charge in [0.25, 0.3) is 0 Å². The van der Waals surface area contributed by atoms with Gasteiger partial charge in [-0.3, -0.25) is 4.98 Å². The fraction of sp³-hybridized carbons (Fsp3) is 0.667. The molecule has 18 heavy (non-hydrogen) atoms. The Morgan fingerprint density at radius 2 is 2.44 bits per heavy atom. The third-order valence-corrected chi connectivity index (χ3v) is 3.68. The Morgan fingerprint density at radius 1 is 1.56 bits per heavy atom. The molecule has 0 bridgehead atoms. The summed E-state index contributed by atoms with van der Waals surface area (Å²) in [4.78, 5) is 4.39. The van der Waals surface area contributed by atoms with Crippen molar-refractivity contribution in [2.75, 3.05) is 13.2 Å². The standard InChI is InChI=1S/C15H24N2O/c1-3-16-15(9-8-13-6-5-11-18-13)14-7-4-10-17-12(14)2/h4,7,10,13,15-16H,3,5-6,8-9,11H2,1-2H3. The fourth-order valence-corrected chi connectivity index (χ4v) is 2.70. The van der Waals surface area contributed by atoms with Crippen molar-refractivity contribution in [2.24, 2.45) is 0 Å². The molecule has 0 saturated carbocycles. The summed E-state index contributed by atoms with van der Waals surface area (Å²) in [5.41, 5.74) is 2.47. The van der Waals surface area contributed by atoms with Gasteiger partial charge in [-0.1, -0.05) is 13.0 Å². The minimum Gasteiger partial charge on any atom is -0.378 e. The molecule has 2 unspecified atom stereocenters. The molecule has 1 aromatic rings. The first-order valence-corrected chi connectivity index (χ1v) is 7.07. The van der Waals surface area contributed by atoms with E-state index >= 15 is 0 Å². The second-order valence-corrected chi connectivity index (χ2v) is 5.00. The second kappa shape index (κ2) is 6.86. The van der Waals surface area contributed by atoms with Crippen LogP contribution in [0.3, 0.4) is 0 Å². The summed E-state index contributed by atoms with van der Waals surface area (Å²) in [6.07, 6.45) is 7.06. The minimum atomic E-state index is 0.410. The van der Waals surface area contributed by atoms with Crippen molar-refractivity contribution < 1.29 is 4.74 Å². The highest BCUT2D eigenvalue weighted by Crippen LogP contribution is 2.25. The van der Waals surface area contributed by atoms with Crippen LogP contribution in [0.15, 0.2) is 18.3 Å². The molecule has 1 aliphatic heterocycles. The van der Waals surface area contributed by atoms with E-state index in [1.54, 1.807) is 0 Å². The molecular weight excluding hydrogens is 224 g/mol. The summed E-state index contributed by atoms with van der Waals surface area (Å²) in [6, 6.07) is 4.62. The molecule has 2 atom stereocenters. The van der Waals surface area contributed by atoms with Crippen LogP contribution in [0.5, 0.6) is 0 Å². The molecule has 1 aliphatic rings. The van der Waals surface area contributed by atoms with Gasteiger partial charge < -0.3 is 10.1 Å². The molecule has 0 aromatic carbocycles. The minimum absolute atomic E-state index is 0.410. The van der Waals surface area contributed by atoms with E-state index in [1.165, 1.54) is 18.4 Å². The lowest BCUT2D eigenvalue weighted by Gasteiger charge is -2.21. The number of aryl methyl sites for hydroxylation is 1. The van der Waals surface area contributed by atoms with Gasteiger partial charge in [0.15, 0.2) is 0 Å². The van der Waals surface area contributed by atoms with Gasteiger partial charge in [0.05, 0.1) is 6.10 Å². The molecule has 3 heteroatoms. The first-order chi connectivity index (χ1) is 8.81. The van der Waals surface area contributed by atoms with E-state index in [0.29, 0.717) is 12.1 Å². The predicted molar refractivity (Wildman–Crippen MR) is 73.6 cm³/mol. The Hall–Kier alpha value is -0.930. The predicted octanol–water partition coefficient (Wildman–Crippen LogP) is 3.00. The maximum atomic E-state index is 5.70. The quantitative estimate of drug-likeness (QED) is 0.840. The van der Waals surface area contributed by atoms with Crippen LogP contribution in [-0.2, 0) is 4.74 Å². The van der Waals surface area contributed by atoms with Gasteiger partial charge >= 0.3 is 0 Å². The molecule has 2 heterocycles. The number of aromatic nitrogens is 1. The molecule has 3 nitrogen and oxygen atoms in total. The maximum absolute atomic E-state index is 5.70. The van der Waals surface area contributed by atoms with E-state index in [4.69, 9.17) is 4.74 Å². The lowest BCUT2D eigenvalue weighted by Crippen LogP contribution is -2.23.